The third-order valence-electron chi connectivity index (χ3n) is 2.43. The van der Waals surface area contributed by atoms with Crippen LogP contribution >= 0.6 is 11.6 Å². The summed E-state index contributed by atoms with van der Waals surface area (Å²) in [6, 6.07) is 1.29. The minimum atomic E-state index is -0.169. The third-order valence-corrected chi connectivity index (χ3v) is 2.62. The second kappa shape index (κ2) is 9.03. The Bertz CT molecular complexity index is 436. The number of aromatic nitrogens is 2. The molecule has 1 heterocycles. The highest BCUT2D eigenvalue weighted by molar-refractivity contribution is 6.29. The first-order valence-corrected chi connectivity index (χ1v) is 6.41. The van der Waals surface area contributed by atoms with Gasteiger partial charge < -0.3 is 14.2 Å². The monoisotopic (exact) mass is 290 g/mol. The molecule has 0 N–H and O–H groups in total. The van der Waals surface area contributed by atoms with Crippen LogP contribution < -0.4 is 5.56 Å². The lowest BCUT2D eigenvalue weighted by Crippen LogP contribution is -2.25. The largest absolute Gasteiger partial charge is 0.382 e. The molecular formula is C12H19ClN2O4. The molecular weight excluding hydrogens is 272 g/mol. The lowest BCUT2D eigenvalue weighted by atomic mass is 10.5. The molecule has 0 fully saturated rings. The van der Waals surface area contributed by atoms with E-state index in [1.165, 1.54) is 10.6 Å². The van der Waals surface area contributed by atoms with E-state index >= 15 is 0 Å². The second-order valence-corrected chi connectivity index (χ2v) is 4.22. The smallest absolute Gasteiger partial charge is 0.255 e. The maximum atomic E-state index is 11.6. The number of rotatable bonds is 9. The van der Waals surface area contributed by atoms with Crippen molar-refractivity contribution < 1.29 is 14.2 Å². The summed E-state index contributed by atoms with van der Waals surface area (Å²) in [6.07, 6.45) is 0. The molecule has 0 aromatic carbocycles. The second-order valence-electron chi connectivity index (χ2n) is 3.83. The van der Waals surface area contributed by atoms with Gasteiger partial charge in [0.2, 0.25) is 0 Å². The van der Waals surface area contributed by atoms with Crippen LogP contribution in [-0.4, -0.2) is 49.7 Å². The molecule has 0 atom stereocenters. The van der Waals surface area contributed by atoms with Crippen molar-refractivity contribution >= 4 is 11.6 Å². The fourth-order valence-electron chi connectivity index (χ4n) is 1.48. The maximum absolute atomic E-state index is 11.6. The van der Waals surface area contributed by atoms with Crippen LogP contribution in [0.15, 0.2) is 10.9 Å². The first-order valence-electron chi connectivity index (χ1n) is 6.03. The van der Waals surface area contributed by atoms with Crippen LogP contribution in [0, 0.1) is 6.92 Å². The normalized spacial score (nSPS) is 10.9. The van der Waals surface area contributed by atoms with Gasteiger partial charge >= 0.3 is 0 Å². The number of ether oxygens (including phenoxy) is 3. The van der Waals surface area contributed by atoms with Gasteiger partial charge in [-0.05, 0) is 6.92 Å². The molecule has 6 nitrogen and oxygen atoms in total. The van der Waals surface area contributed by atoms with Gasteiger partial charge in [-0.2, -0.15) is 0 Å². The Kier molecular flexibility index (Phi) is 7.66. The highest BCUT2D eigenvalue weighted by atomic mass is 35.5. The molecule has 0 radical (unpaired) electrons. The summed E-state index contributed by atoms with van der Waals surface area (Å²) >= 11 is 5.68. The molecule has 0 spiro atoms. The number of methoxy groups -OCH3 is 1. The fourth-order valence-corrected chi connectivity index (χ4v) is 1.69. The molecule has 1 aromatic rings. The zero-order valence-corrected chi connectivity index (χ0v) is 12.0. The van der Waals surface area contributed by atoms with Crippen molar-refractivity contribution in [2.75, 3.05) is 40.1 Å². The van der Waals surface area contributed by atoms with E-state index in [0.29, 0.717) is 45.4 Å². The molecule has 108 valence electrons. The SMILES string of the molecule is COCCOCCOCCn1c(C)nc(Cl)cc1=O. The van der Waals surface area contributed by atoms with E-state index in [4.69, 9.17) is 25.8 Å². The Balaban J connectivity index is 2.21. The molecule has 19 heavy (non-hydrogen) atoms. The molecule has 0 unspecified atom stereocenters. The standard InChI is InChI=1S/C12H19ClN2O4/c1-10-14-11(13)9-12(16)15(10)3-4-18-7-8-19-6-5-17-2/h9H,3-8H2,1-2H3. The Morgan fingerprint density at radius 3 is 2.47 bits per heavy atom. The van der Waals surface area contributed by atoms with E-state index in [1.54, 1.807) is 14.0 Å². The third kappa shape index (κ3) is 6.15. The molecule has 7 heteroatoms. The molecule has 0 bridgehead atoms. The predicted octanol–water partition coefficient (Wildman–Crippen LogP) is 0.885. The summed E-state index contributed by atoms with van der Waals surface area (Å²) < 4.78 is 17.0. The molecule has 1 aromatic heterocycles. The van der Waals surface area contributed by atoms with Crippen molar-refractivity contribution in [3.8, 4) is 0 Å². The molecule has 0 aliphatic heterocycles. The van der Waals surface area contributed by atoms with Crippen LogP contribution in [-0.2, 0) is 20.8 Å². The summed E-state index contributed by atoms with van der Waals surface area (Å²) in [6.45, 7) is 4.74. The Morgan fingerprint density at radius 2 is 1.84 bits per heavy atom. The summed E-state index contributed by atoms with van der Waals surface area (Å²) in [4.78, 5) is 15.7. The first kappa shape index (κ1) is 16.1. The minimum Gasteiger partial charge on any atom is -0.382 e. The van der Waals surface area contributed by atoms with Gasteiger partial charge in [-0.15, -0.1) is 0 Å². The average molecular weight is 291 g/mol. The van der Waals surface area contributed by atoms with Gasteiger partial charge in [-0.3, -0.25) is 9.36 Å². The minimum absolute atomic E-state index is 0.169. The van der Waals surface area contributed by atoms with E-state index < -0.39 is 0 Å². The highest BCUT2D eigenvalue weighted by Crippen LogP contribution is 2.00. The highest BCUT2D eigenvalue weighted by Gasteiger charge is 2.03. The zero-order valence-electron chi connectivity index (χ0n) is 11.2. The van der Waals surface area contributed by atoms with Gasteiger partial charge in [-0.1, -0.05) is 11.6 Å². The molecule has 1 rings (SSSR count). The maximum Gasteiger partial charge on any atom is 0.255 e. The quantitative estimate of drug-likeness (QED) is 0.499. The number of hydrogen-bond acceptors (Lipinski definition) is 5. The van der Waals surface area contributed by atoms with Crippen LogP contribution in [0.5, 0.6) is 0 Å². The van der Waals surface area contributed by atoms with Gasteiger partial charge in [0, 0.05) is 13.2 Å². The van der Waals surface area contributed by atoms with E-state index in [1.807, 2.05) is 0 Å². The van der Waals surface area contributed by atoms with Crippen molar-refractivity contribution in [1.29, 1.82) is 0 Å². The molecule has 0 aliphatic carbocycles. The van der Waals surface area contributed by atoms with Gasteiger partial charge in [0.15, 0.2) is 0 Å². The number of hydrogen-bond donors (Lipinski definition) is 0. The zero-order chi connectivity index (χ0) is 14.1. The van der Waals surface area contributed by atoms with Crippen LogP contribution in [0.2, 0.25) is 5.15 Å². The van der Waals surface area contributed by atoms with E-state index in [0.717, 1.165) is 0 Å². The number of aryl methyl sites for hydroxylation is 1. The topological polar surface area (TPSA) is 62.6 Å². The molecule has 0 aliphatic rings. The average Bonchev–Trinajstić information content (AvgIpc) is 2.35. The summed E-state index contributed by atoms with van der Waals surface area (Å²) in [5.74, 6) is 0.581. The van der Waals surface area contributed by atoms with Gasteiger partial charge in [0.05, 0.1) is 39.6 Å². The molecule has 0 saturated heterocycles. The van der Waals surface area contributed by atoms with Crippen LogP contribution in [0.25, 0.3) is 0 Å². The lowest BCUT2D eigenvalue weighted by Gasteiger charge is -2.09. The molecule has 0 saturated carbocycles. The van der Waals surface area contributed by atoms with Crippen molar-refractivity contribution in [2.45, 2.75) is 13.5 Å². The molecule has 0 amide bonds. The Hall–Kier alpha value is -0.950. The lowest BCUT2D eigenvalue weighted by molar-refractivity contribution is 0.0228. The summed E-state index contributed by atoms with van der Waals surface area (Å²) in [5.41, 5.74) is -0.169. The van der Waals surface area contributed by atoms with E-state index in [2.05, 4.69) is 4.98 Å². The van der Waals surface area contributed by atoms with Crippen LogP contribution in [0.3, 0.4) is 0 Å². The van der Waals surface area contributed by atoms with Crippen molar-refractivity contribution in [1.82, 2.24) is 9.55 Å². The van der Waals surface area contributed by atoms with Crippen LogP contribution in [0.4, 0.5) is 0 Å². The van der Waals surface area contributed by atoms with E-state index in [9.17, 15) is 4.79 Å². The van der Waals surface area contributed by atoms with Crippen molar-refractivity contribution in [3.05, 3.63) is 27.4 Å². The number of nitrogens with zero attached hydrogens (tertiary/aromatic N) is 2. The summed E-state index contributed by atoms with van der Waals surface area (Å²) in [7, 11) is 1.63. The Morgan fingerprint density at radius 1 is 1.21 bits per heavy atom. The van der Waals surface area contributed by atoms with Gasteiger partial charge in [0.25, 0.3) is 5.56 Å². The fraction of sp³-hybridized carbons (Fsp3) is 0.667. The van der Waals surface area contributed by atoms with Crippen molar-refractivity contribution in [3.63, 3.8) is 0 Å². The van der Waals surface area contributed by atoms with Crippen LogP contribution in [0.1, 0.15) is 5.82 Å². The first-order chi connectivity index (χ1) is 9.15. The van der Waals surface area contributed by atoms with Gasteiger partial charge in [-0.25, -0.2) is 4.98 Å². The number of halogens is 1. The van der Waals surface area contributed by atoms with Gasteiger partial charge in [0.1, 0.15) is 11.0 Å². The van der Waals surface area contributed by atoms with E-state index in [-0.39, 0.29) is 10.7 Å². The predicted molar refractivity (Wildman–Crippen MR) is 71.8 cm³/mol. The van der Waals surface area contributed by atoms with Crippen molar-refractivity contribution in [2.24, 2.45) is 0 Å². The Labute approximate surface area is 117 Å². The summed E-state index contributed by atoms with van der Waals surface area (Å²) in [5, 5.41) is 0.214.